The van der Waals surface area contributed by atoms with Crippen molar-refractivity contribution in [3.63, 3.8) is 0 Å². The summed E-state index contributed by atoms with van der Waals surface area (Å²) in [6.45, 7) is 4.75. The zero-order valence-electron chi connectivity index (χ0n) is 37.0. The van der Waals surface area contributed by atoms with Gasteiger partial charge in [0.1, 0.15) is 0 Å². The van der Waals surface area contributed by atoms with Crippen LogP contribution in [0.3, 0.4) is 0 Å². The smallest absolute Gasteiger partial charge is 0.0714 e. The lowest BCUT2D eigenvalue weighted by atomic mass is 9.67. The molecule has 312 valence electrons. The Morgan fingerprint density at radius 2 is 0.833 bits per heavy atom. The largest absolute Gasteiger partial charge is 0.310 e. The molecule has 2 heteroatoms. The second-order valence-electron chi connectivity index (χ2n) is 18.5. The van der Waals surface area contributed by atoms with E-state index >= 15 is 0 Å². The minimum absolute atomic E-state index is 0.0998. The van der Waals surface area contributed by atoms with E-state index in [2.05, 4.69) is 266 Å². The van der Waals surface area contributed by atoms with Crippen LogP contribution in [0.5, 0.6) is 0 Å². The molecule has 0 amide bonds. The Labute approximate surface area is 386 Å². The first kappa shape index (κ1) is 38.3. The van der Waals surface area contributed by atoms with Crippen molar-refractivity contribution in [3.8, 4) is 39.1 Å². The Morgan fingerprint density at radius 3 is 1.48 bits per heavy atom. The maximum Gasteiger partial charge on any atom is 0.0714 e. The highest BCUT2D eigenvalue weighted by Gasteiger charge is 2.47. The van der Waals surface area contributed by atoms with Crippen molar-refractivity contribution in [2.75, 3.05) is 4.90 Å². The standard InChI is InChI=1S/C64H46N2/c1-63(2)57-31-19-18-30-51(57)54-41-56-55-38-43(33-37-61(55)66(62(56)42-58(54)63)49-28-16-7-17-29-49)44-32-35-52-53-36-34-50(65(47-24-12-5-13-25-47)48-26-14-6-15-27-48)40-60(53)64(59(52)39-44,45-20-8-3-9-21-45)46-22-10-4-11-23-46/h3-42H,1-2H3. The van der Waals surface area contributed by atoms with Crippen LogP contribution >= 0.6 is 0 Å². The van der Waals surface area contributed by atoms with Crippen molar-refractivity contribution >= 4 is 38.9 Å². The SMILES string of the molecule is CC1(C)c2ccccc2-c2cc3c4cc(-c5ccc6c(c5)C(c5ccccc5)(c5ccccc5)c5cc(N(c7ccccc7)c7ccccc7)ccc5-6)ccc4n(-c4ccccc4)c3cc21. The second kappa shape index (κ2) is 14.7. The number of hydrogen-bond donors (Lipinski definition) is 0. The molecule has 0 saturated carbocycles. The highest BCUT2D eigenvalue weighted by atomic mass is 15.1. The van der Waals surface area contributed by atoms with Crippen LogP contribution in [0.1, 0.15) is 47.2 Å². The quantitative estimate of drug-likeness (QED) is 0.155. The molecule has 0 bridgehead atoms. The Morgan fingerprint density at radius 1 is 0.333 bits per heavy atom. The molecule has 66 heavy (non-hydrogen) atoms. The summed E-state index contributed by atoms with van der Waals surface area (Å²) >= 11 is 0. The van der Waals surface area contributed by atoms with Gasteiger partial charge in [0, 0.05) is 38.9 Å². The van der Waals surface area contributed by atoms with Crippen LogP contribution in [-0.2, 0) is 10.8 Å². The Hall–Kier alpha value is -8.20. The summed E-state index contributed by atoms with van der Waals surface area (Å²) in [4.78, 5) is 2.38. The van der Waals surface area contributed by atoms with E-state index in [0.29, 0.717) is 0 Å². The van der Waals surface area contributed by atoms with E-state index < -0.39 is 5.41 Å². The topological polar surface area (TPSA) is 8.17 Å². The molecule has 2 aliphatic carbocycles. The molecule has 1 heterocycles. The highest BCUT2D eigenvalue weighted by molar-refractivity contribution is 6.13. The first-order valence-corrected chi connectivity index (χ1v) is 23.1. The molecule has 11 aromatic rings. The van der Waals surface area contributed by atoms with Gasteiger partial charge in [0.15, 0.2) is 0 Å². The van der Waals surface area contributed by atoms with Crippen LogP contribution in [0.2, 0.25) is 0 Å². The van der Waals surface area contributed by atoms with E-state index in [9.17, 15) is 0 Å². The molecule has 0 fully saturated rings. The zero-order chi connectivity index (χ0) is 44.0. The average molecular weight is 843 g/mol. The number of anilines is 3. The summed E-state index contributed by atoms with van der Waals surface area (Å²) in [5.74, 6) is 0. The second-order valence-corrected chi connectivity index (χ2v) is 18.5. The molecule has 2 nitrogen and oxygen atoms in total. The lowest BCUT2D eigenvalue weighted by Crippen LogP contribution is -2.28. The summed E-state index contributed by atoms with van der Waals surface area (Å²) in [7, 11) is 0. The number of nitrogens with zero attached hydrogens (tertiary/aromatic N) is 2. The van der Waals surface area contributed by atoms with Gasteiger partial charge >= 0.3 is 0 Å². The van der Waals surface area contributed by atoms with Crippen LogP contribution in [0.4, 0.5) is 17.1 Å². The van der Waals surface area contributed by atoms with Crippen molar-refractivity contribution in [3.05, 3.63) is 276 Å². The van der Waals surface area contributed by atoms with Crippen LogP contribution < -0.4 is 4.90 Å². The van der Waals surface area contributed by atoms with Gasteiger partial charge in [0.2, 0.25) is 0 Å². The van der Waals surface area contributed by atoms with E-state index in [0.717, 1.165) is 17.1 Å². The third-order valence-corrected chi connectivity index (χ3v) is 14.6. The summed E-state index contributed by atoms with van der Waals surface area (Å²) < 4.78 is 2.47. The maximum atomic E-state index is 2.50. The van der Waals surface area contributed by atoms with Gasteiger partial charge in [-0.25, -0.2) is 0 Å². The average Bonchev–Trinajstić information content (AvgIpc) is 3.94. The molecule has 0 radical (unpaired) electrons. The van der Waals surface area contributed by atoms with E-state index in [1.807, 2.05) is 0 Å². The van der Waals surface area contributed by atoms with Crippen LogP contribution in [-0.4, -0.2) is 4.57 Å². The van der Waals surface area contributed by atoms with Crippen LogP contribution in [0.25, 0.3) is 60.9 Å². The maximum absolute atomic E-state index is 2.50. The number of rotatable bonds is 7. The first-order valence-electron chi connectivity index (χ1n) is 23.1. The number of aromatic nitrogens is 1. The Balaban J connectivity index is 1.05. The summed E-state index contributed by atoms with van der Waals surface area (Å²) in [6, 6.07) is 90.0. The van der Waals surface area contributed by atoms with Crippen molar-refractivity contribution < 1.29 is 0 Å². The predicted octanol–water partition coefficient (Wildman–Crippen LogP) is 16.6. The molecule has 0 N–H and O–H groups in total. The minimum atomic E-state index is -0.591. The number of benzene rings is 10. The van der Waals surface area contributed by atoms with Gasteiger partial charge in [0.05, 0.1) is 16.4 Å². The number of para-hydroxylation sites is 3. The Kier molecular flexibility index (Phi) is 8.51. The fraction of sp³-hybridized carbons (Fsp3) is 0.0625. The third kappa shape index (κ3) is 5.55. The fourth-order valence-electron chi connectivity index (χ4n) is 11.6. The molecular formula is C64H46N2. The molecule has 2 aliphatic rings. The van der Waals surface area contributed by atoms with Crippen LogP contribution in [0, 0.1) is 0 Å². The number of fused-ring (bicyclic) bond motifs is 9. The minimum Gasteiger partial charge on any atom is -0.310 e. The van der Waals surface area contributed by atoms with Crippen molar-refractivity contribution in [2.45, 2.75) is 24.7 Å². The van der Waals surface area contributed by atoms with Gasteiger partial charge < -0.3 is 9.47 Å². The normalized spacial score (nSPS) is 13.8. The van der Waals surface area contributed by atoms with Crippen molar-refractivity contribution in [1.82, 2.24) is 4.57 Å². The van der Waals surface area contributed by atoms with Crippen molar-refractivity contribution in [2.24, 2.45) is 0 Å². The molecule has 1 aromatic heterocycles. The molecular weight excluding hydrogens is 797 g/mol. The van der Waals surface area contributed by atoms with E-state index in [1.54, 1.807) is 0 Å². The molecule has 0 saturated heterocycles. The molecule has 0 aliphatic heterocycles. The van der Waals surface area contributed by atoms with Crippen LogP contribution in [0.15, 0.2) is 243 Å². The lowest BCUT2D eigenvalue weighted by Gasteiger charge is -2.35. The van der Waals surface area contributed by atoms with Gasteiger partial charge in [-0.15, -0.1) is 0 Å². The predicted molar refractivity (Wildman–Crippen MR) is 276 cm³/mol. The number of hydrogen-bond acceptors (Lipinski definition) is 1. The highest BCUT2D eigenvalue weighted by Crippen LogP contribution is 2.58. The van der Waals surface area contributed by atoms with Gasteiger partial charge in [-0.05, 0) is 146 Å². The van der Waals surface area contributed by atoms with E-state index in [4.69, 9.17) is 0 Å². The molecule has 0 unspecified atom stereocenters. The first-order chi connectivity index (χ1) is 32.5. The summed E-state index contributed by atoms with van der Waals surface area (Å²) in [6.07, 6.45) is 0. The lowest BCUT2D eigenvalue weighted by molar-refractivity contribution is 0.661. The van der Waals surface area contributed by atoms with Gasteiger partial charge in [-0.2, -0.15) is 0 Å². The summed E-state index contributed by atoms with van der Waals surface area (Å²) in [5.41, 5.74) is 21.7. The van der Waals surface area contributed by atoms with E-state index in [-0.39, 0.29) is 5.41 Å². The van der Waals surface area contributed by atoms with Gasteiger partial charge in [0.25, 0.3) is 0 Å². The summed E-state index contributed by atoms with van der Waals surface area (Å²) in [5, 5.41) is 2.52. The molecule has 0 atom stereocenters. The molecule has 0 spiro atoms. The monoisotopic (exact) mass is 842 g/mol. The van der Waals surface area contributed by atoms with Gasteiger partial charge in [-0.1, -0.05) is 178 Å². The Bertz CT molecular complexity index is 3570. The fourth-order valence-corrected chi connectivity index (χ4v) is 11.6. The molecule has 13 rings (SSSR count). The van der Waals surface area contributed by atoms with Crippen molar-refractivity contribution in [1.29, 1.82) is 0 Å². The third-order valence-electron chi connectivity index (χ3n) is 14.6. The van der Waals surface area contributed by atoms with Gasteiger partial charge in [-0.3, -0.25) is 0 Å². The molecule has 10 aromatic carbocycles. The van der Waals surface area contributed by atoms with E-state index in [1.165, 1.54) is 94.3 Å². The zero-order valence-corrected chi connectivity index (χ0v) is 37.0.